The van der Waals surface area contributed by atoms with Gasteiger partial charge < -0.3 is 9.94 Å². The number of hydroxylamine groups is 2. The lowest BCUT2D eigenvalue weighted by atomic mass is 9.78. The number of aliphatic hydroxyl groups is 1. The first-order valence-electron chi connectivity index (χ1n) is 7.92. The lowest BCUT2D eigenvalue weighted by Crippen LogP contribution is -2.40. The minimum Gasteiger partial charge on any atom is -0.404 e. The van der Waals surface area contributed by atoms with Gasteiger partial charge in [-0.3, -0.25) is 0 Å². The SMILES string of the molecule is C=CCC(O)C1=C(c2ccccc2)ON2CC(C)(C)CC12C. The molecule has 0 spiro atoms. The highest BCUT2D eigenvalue weighted by Gasteiger charge is 2.56. The molecule has 3 rings (SSSR count). The maximum Gasteiger partial charge on any atom is 0.158 e. The van der Waals surface area contributed by atoms with Crippen LogP contribution in [0.2, 0.25) is 0 Å². The van der Waals surface area contributed by atoms with Crippen LogP contribution in [-0.4, -0.2) is 28.4 Å². The van der Waals surface area contributed by atoms with Crippen molar-refractivity contribution in [3.05, 3.63) is 54.1 Å². The number of benzene rings is 1. The first kappa shape index (κ1) is 15.3. The van der Waals surface area contributed by atoms with E-state index in [1.54, 1.807) is 6.08 Å². The lowest BCUT2D eigenvalue weighted by Gasteiger charge is -2.30. The van der Waals surface area contributed by atoms with Crippen LogP contribution in [0.25, 0.3) is 5.76 Å². The van der Waals surface area contributed by atoms with Gasteiger partial charge in [-0.05, 0) is 25.2 Å². The highest BCUT2D eigenvalue weighted by Crippen LogP contribution is 2.53. The van der Waals surface area contributed by atoms with Crippen molar-refractivity contribution in [2.45, 2.75) is 45.3 Å². The minimum absolute atomic E-state index is 0.177. The first-order valence-corrected chi connectivity index (χ1v) is 7.92. The average Bonchev–Trinajstić information content (AvgIpc) is 2.84. The Morgan fingerprint density at radius 1 is 1.32 bits per heavy atom. The topological polar surface area (TPSA) is 32.7 Å². The molecule has 0 amide bonds. The van der Waals surface area contributed by atoms with Crippen molar-refractivity contribution < 1.29 is 9.94 Å². The first-order chi connectivity index (χ1) is 10.4. The van der Waals surface area contributed by atoms with Crippen molar-refractivity contribution in [1.82, 2.24) is 5.06 Å². The van der Waals surface area contributed by atoms with E-state index in [0.29, 0.717) is 6.42 Å². The Morgan fingerprint density at radius 3 is 2.64 bits per heavy atom. The quantitative estimate of drug-likeness (QED) is 0.859. The summed E-state index contributed by atoms with van der Waals surface area (Å²) < 4.78 is 0. The zero-order valence-corrected chi connectivity index (χ0v) is 13.7. The van der Waals surface area contributed by atoms with Gasteiger partial charge in [0, 0.05) is 17.7 Å². The summed E-state index contributed by atoms with van der Waals surface area (Å²) in [7, 11) is 0. The van der Waals surface area contributed by atoms with Crippen LogP contribution in [0.4, 0.5) is 0 Å². The molecule has 0 radical (unpaired) electrons. The number of hydrogen-bond donors (Lipinski definition) is 1. The smallest absolute Gasteiger partial charge is 0.158 e. The van der Waals surface area contributed by atoms with Crippen molar-refractivity contribution in [2.75, 3.05) is 6.54 Å². The fraction of sp³-hybridized carbons (Fsp3) is 0.474. The lowest BCUT2D eigenvalue weighted by molar-refractivity contribution is -0.107. The maximum absolute atomic E-state index is 10.7. The molecule has 2 heterocycles. The third-order valence-electron chi connectivity index (χ3n) is 4.73. The monoisotopic (exact) mass is 299 g/mol. The van der Waals surface area contributed by atoms with Crippen LogP contribution in [0.1, 0.15) is 39.2 Å². The Hall–Kier alpha value is -1.58. The number of rotatable bonds is 4. The van der Waals surface area contributed by atoms with Gasteiger partial charge in [0.05, 0.1) is 11.6 Å². The van der Waals surface area contributed by atoms with Crippen LogP contribution >= 0.6 is 0 Å². The van der Waals surface area contributed by atoms with E-state index < -0.39 is 6.10 Å². The van der Waals surface area contributed by atoms with Crippen molar-refractivity contribution in [3.8, 4) is 0 Å². The maximum atomic E-state index is 10.7. The summed E-state index contributed by atoms with van der Waals surface area (Å²) in [5, 5.41) is 12.8. The molecule has 1 aromatic rings. The molecule has 0 aliphatic carbocycles. The molecule has 0 bridgehead atoms. The summed E-state index contributed by atoms with van der Waals surface area (Å²) in [6, 6.07) is 10.1. The Morgan fingerprint density at radius 2 is 2.00 bits per heavy atom. The zero-order chi connectivity index (χ0) is 16.0. The van der Waals surface area contributed by atoms with Gasteiger partial charge in [0.2, 0.25) is 0 Å². The second kappa shape index (κ2) is 5.25. The van der Waals surface area contributed by atoms with Crippen molar-refractivity contribution in [1.29, 1.82) is 0 Å². The van der Waals surface area contributed by atoms with E-state index in [1.807, 2.05) is 30.3 Å². The van der Waals surface area contributed by atoms with Crippen LogP contribution in [-0.2, 0) is 4.84 Å². The normalized spacial score (nSPS) is 28.4. The Bertz CT molecular complexity index is 605. The van der Waals surface area contributed by atoms with E-state index >= 15 is 0 Å². The summed E-state index contributed by atoms with van der Waals surface area (Å²) in [6.45, 7) is 11.3. The summed E-state index contributed by atoms with van der Waals surface area (Å²) in [4.78, 5) is 6.21. The average molecular weight is 299 g/mol. The molecular formula is C19H25NO2. The largest absolute Gasteiger partial charge is 0.404 e. The highest BCUT2D eigenvalue weighted by molar-refractivity contribution is 5.68. The molecule has 0 saturated carbocycles. The molecule has 3 heteroatoms. The molecule has 1 aromatic carbocycles. The molecule has 22 heavy (non-hydrogen) atoms. The Labute approximate surface area is 132 Å². The minimum atomic E-state index is -0.559. The predicted molar refractivity (Wildman–Crippen MR) is 88.8 cm³/mol. The zero-order valence-electron chi connectivity index (χ0n) is 13.7. The fourth-order valence-electron chi connectivity index (χ4n) is 3.99. The van der Waals surface area contributed by atoms with Crippen LogP contribution in [0.15, 0.2) is 48.6 Å². The number of aliphatic hydroxyl groups excluding tert-OH is 1. The third-order valence-corrected chi connectivity index (χ3v) is 4.73. The summed E-state index contributed by atoms with van der Waals surface area (Å²) in [5.74, 6) is 0.813. The Kier molecular flexibility index (Phi) is 3.66. The van der Waals surface area contributed by atoms with Crippen LogP contribution in [0, 0.1) is 5.41 Å². The van der Waals surface area contributed by atoms with E-state index in [1.165, 1.54) is 0 Å². The molecular weight excluding hydrogens is 274 g/mol. The molecule has 1 fully saturated rings. The van der Waals surface area contributed by atoms with E-state index in [4.69, 9.17) is 4.84 Å². The van der Waals surface area contributed by atoms with E-state index in [-0.39, 0.29) is 11.0 Å². The second-order valence-corrected chi connectivity index (χ2v) is 7.39. The highest BCUT2D eigenvalue weighted by atomic mass is 16.7. The van der Waals surface area contributed by atoms with Gasteiger partial charge in [-0.1, -0.05) is 50.3 Å². The van der Waals surface area contributed by atoms with Gasteiger partial charge in [0.15, 0.2) is 5.76 Å². The van der Waals surface area contributed by atoms with Gasteiger partial charge in [0.1, 0.15) is 0 Å². The van der Waals surface area contributed by atoms with Gasteiger partial charge in [-0.2, -0.15) is 0 Å². The van der Waals surface area contributed by atoms with Crippen molar-refractivity contribution in [2.24, 2.45) is 5.41 Å². The molecule has 0 aromatic heterocycles. The van der Waals surface area contributed by atoms with Gasteiger partial charge in [-0.25, -0.2) is 0 Å². The van der Waals surface area contributed by atoms with Gasteiger partial charge >= 0.3 is 0 Å². The molecule has 2 unspecified atom stereocenters. The Balaban J connectivity index is 2.09. The van der Waals surface area contributed by atoms with E-state index in [0.717, 1.165) is 29.9 Å². The van der Waals surface area contributed by atoms with Crippen molar-refractivity contribution in [3.63, 3.8) is 0 Å². The van der Waals surface area contributed by atoms with E-state index in [2.05, 4.69) is 32.4 Å². The molecule has 118 valence electrons. The van der Waals surface area contributed by atoms with Crippen LogP contribution in [0.5, 0.6) is 0 Å². The number of hydrogen-bond acceptors (Lipinski definition) is 3. The predicted octanol–water partition coefficient (Wildman–Crippen LogP) is 3.77. The van der Waals surface area contributed by atoms with Crippen molar-refractivity contribution >= 4 is 5.76 Å². The molecule has 2 atom stereocenters. The van der Waals surface area contributed by atoms with E-state index in [9.17, 15) is 5.11 Å². The van der Waals surface area contributed by atoms with Gasteiger partial charge in [-0.15, -0.1) is 11.6 Å². The van der Waals surface area contributed by atoms with Gasteiger partial charge in [0.25, 0.3) is 0 Å². The summed E-state index contributed by atoms with van der Waals surface area (Å²) in [6.07, 6.45) is 2.72. The fourth-order valence-corrected chi connectivity index (χ4v) is 3.99. The third kappa shape index (κ3) is 2.38. The van der Waals surface area contributed by atoms with Crippen LogP contribution in [0.3, 0.4) is 0 Å². The molecule has 3 nitrogen and oxygen atoms in total. The molecule has 1 N–H and O–H groups in total. The summed E-state index contributed by atoms with van der Waals surface area (Å²) >= 11 is 0. The number of nitrogens with zero attached hydrogens (tertiary/aromatic N) is 1. The molecule has 2 aliphatic rings. The number of fused-ring (bicyclic) bond motifs is 1. The second-order valence-electron chi connectivity index (χ2n) is 7.39. The summed E-state index contributed by atoms with van der Waals surface area (Å²) in [5.41, 5.74) is 1.94. The standard InChI is InChI=1S/C19H25NO2/c1-5-9-15(21)16-17(14-10-7-6-8-11-14)22-20-13-18(2,3)12-19(16,20)4/h5-8,10-11,15,21H,1,9,12-13H2,2-4H3. The molecule has 2 aliphatic heterocycles. The molecule has 1 saturated heterocycles. The van der Waals surface area contributed by atoms with Crippen LogP contribution < -0.4 is 0 Å².